The number of hydrogen-bond donors (Lipinski definition) is 1. The van der Waals surface area contributed by atoms with Crippen LogP contribution in [0.1, 0.15) is 18.3 Å². The van der Waals surface area contributed by atoms with Gasteiger partial charge in [0, 0.05) is 12.6 Å². The van der Waals surface area contributed by atoms with Crippen molar-refractivity contribution < 1.29 is 0 Å². The van der Waals surface area contributed by atoms with Crippen LogP contribution in [-0.4, -0.2) is 15.6 Å². The molecule has 1 atom stereocenters. The minimum Gasteiger partial charge on any atom is -0.326 e. The first-order chi connectivity index (χ1) is 6.19. The van der Waals surface area contributed by atoms with E-state index in [2.05, 4.69) is 4.98 Å². The molecule has 0 aliphatic heterocycles. The van der Waals surface area contributed by atoms with Crippen LogP contribution in [0.25, 0.3) is 0 Å². The van der Waals surface area contributed by atoms with Crippen LogP contribution < -0.4 is 5.73 Å². The van der Waals surface area contributed by atoms with Crippen LogP contribution in [0.5, 0.6) is 0 Å². The SMILES string of the molecule is CC(N)Cn1cnc(C#N)c1C#N. The van der Waals surface area contributed by atoms with Crippen molar-refractivity contribution in [3.8, 4) is 12.1 Å². The lowest BCUT2D eigenvalue weighted by Crippen LogP contribution is -2.22. The number of rotatable bonds is 2. The third kappa shape index (κ3) is 1.84. The highest BCUT2D eigenvalue weighted by Gasteiger charge is 2.10. The van der Waals surface area contributed by atoms with Crippen LogP contribution in [0.15, 0.2) is 6.33 Å². The Morgan fingerprint density at radius 1 is 1.62 bits per heavy atom. The van der Waals surface area contributed by atoms with Gasteiger partial charge in [0.25, 0.3) is 0 Å². The summed E-state index contributed by atoms with van der Waals surface area (Å²) in [6.07, 6.45) is 1.46. The summed E-state index contributed by atoms with van der Waals surface area (Å²) in [4.78, 5) is 3.78. The molecule has 1 unspecified atom stereocenters. The predicted octanol–water partition coefficient (Wildman–Crippen LogP) is -0.0263. The second kappa shape index (κ2) is 3.70. The fourth-order valence-electron chi connectivity index (χ4n) is 1.03. The Balaban J connectivity index is 3.05. The van der Waals surface area contributed by atoms with E-state index < -0.39 is 0 Å². The fourth-order valence-corrected chi connectivity index (χ4v) is 1.03. The van der Waals surface area contributed by atoms with E-state index in [0.717, 1.165) is 0 Å². The highest BCUT2D eigenvalue weighted by molar-refractivity contribution is 5.36. The van der Waals surface area contributed by atoms with Gasteiger partial charge in [-0.15, -0.1) is 0 Å². The largest absolute Gasteiger partial charge is 0.326 e. The van der Waals surface area contributed by atoms with Crippen molar-refractivity contribution in [2.24, 2.45) is 5.73 Å². The summed E-state index contributed by atoms with van der Waals surface area (Å²) in [6.45, 7) is 2.32. The minimum absolute atomic E-state index is 0.0622. The average Bonchev–Trinajstić information content (AvgIpc) is 2.45. The van der Waals surface area contributed by atoms with E-state index in [9.17, 15) is 0 Å². The molecule has 0 bridgehead atoms. The lowest BCUT2D eigenvalue weighted by atomic mass is 10.3. The quantitative estimate of drug-likeness (QED) is 0.683. The van der Waals surface area contributed by atoms with Crippen LogP contribution in [0.2, 0.25) is 0 Å². The molecule has 5 heteroatoms. The molecule has 1 aromatic rings. The molecule has 2 N–H and O–H groups in total. The third-order valence-corrected chi connectivity index (χ3v) is 1.53. The topological polar surface area (TPSA) is 91.4 Å². The van der Waals surface area contributed by atoms with Crippen molar-refractivity contribution in [2.75, 3.05) is 0 Å². The average molecular weight is 175 g/mol. The van der Waals surface area contributed by atoms with Crippen molar-refractivity contribution >= 4 is 0 Å². The summed E-state index contributed by atoms with van der Waals surface area (Å²) in [5.74, 6) is 0. The molecule has 1 heterocycles. The van der Waals surface area contributed by atoms with Gasteiger partial charge in [0.05, 0.1) is 6.33 Å². The van der Waals surface area contributed by atoms with E-state index in [0.29, 0.717) is 6.54 Å². The normalized spacial score (nSPS) is 11.7. The first-order valence-corrected chi connectivity index (χ1v) is 3.80. The van der Waals surface area contributed by atoms with Crippen molar-refractivity contribution in [3.63, 3.8) is 0 Å². The number of nitrogens with zero attached hydrogens (tertiary/aromatic N) is 4. The van der Waals surface area contributed by atoms with Crippen LogP contribution in [0.3, 0.4) is 0 Å². The first kappa shape index (κ1) is 9.24. The van der Waals surface area contributed by atoms with E-state index in [1.165, 1.54) is 6.33 Å². The Morgan fingerprint density at radius 2 is 2.31 bits per heavy atom. The zero-order valence-electron chi connectivity index (χ0n) is 7.23. The lowest BCUT2D eigenvalue weighted by Gasteiger charge is -2.05. The number of nitriles is 2. The molecule has 0 saturated heterocycles. The zero-order valence-corrected chi connectivity index (χ0v) is 7.23. The number of hydrogen-bond acceptors (Lipinski definition) is 4. The molecule has 0 aliphatic carbocycles. The van der Waals surface area contributed by atoms with Crippen LogP contribution in [0.4, 0.5) is 0 Å². The number of aromatic nitrogens is 2. The molecule has 1 rings (SSSR count). The maximum atomic E-state index is 8.73. The summed E-state index contributed by atoms with van der Waals surface area (Å²) < 4.78 is 1.59. The summed E-state index contributed by atoms with van der Waals surface area (Å²) in [6, 6.07) is 3.71. The molecule has 0 aromatic carbocycles. The fraction of sp³-hybridized carbons (Fsp3) is 0.375. The Hall–Kier alpha value is -1.85. The van der Waals surface area contributed by atoms with E-state index >= 15 is 0 Å². The molecule has 5 nitrogen and oxygen atoms in total. The molecule has 0 amide bonds. The Bertz CT molecular complexity index is 376. The monoisotopic (exact) mass is 175 g/mol. The van der Waals surface area contributed by atoms with Gasteiger partial charge in [-0.2, -0.15) is 10.5 Å². The van der Waals surface area contributed by atoms with Gasteiger partial charge in [0.2, 0.25) is 0 Å². The van der Waals surface area contributed by atoms with Gasteiger partial charge in [-0.05, 0) is 6.92 Å². The van der Waals surface area contributed by atoms with Gasteiger partial charge in [-0.3, -0.25) is 0 Å². The van der Waals surface area contributed by atoms with Crippen LogP contribution >= 0.6 is 0 Å². The molecule has 13 heavy (non-hydrogen) atoms. The predicted molar refractivity (Wildman–Crippen MR) is 45.3 cm³/mol. The summed E-state index contributed by atoms with van der Waals surface area (Å²) >= 11 is 0. The Kier molecular flexibility index (Phi) is 2.63. The minimum atomic E-state index is -0.0622. The lowest BCUT2D eigenvalue weighted by molar-refractivity contribution is 0.585. The number of nitrogens with two attached hydrogens (primary N) is 1. The van der Waals surface area contributed by atoms with Gasteiger partial charge in [0.1, 0.15) is 12.1 Å². The highest BCUT2D eigenvalue weighted by Crippen LogP contribution is 2.04. The molecule has 0 saturated carbocycles. The van der Waals surface area contributed by atoms with Gasteiger partial charge < -0.3 is 10.3 Å². The Morgan fingerprint density at radius 3 is 2.77 bits per heavy atom. The van der Waals surface area contributed by atoms with Gasteiger partial charge in [0.15, 0.2) is 11.4 Å². The molecule has 0 spiro atoms. The molecule has 0 aliphatic rings. The van der Waals surface area contributed by atoms with Crippen molar-refractivity contribution in [1.29, 1.82) is 10.5 Å². The van der Waals surface area contributed by atoms with Crippen molar-refractivity contribution in [2.45, 2.75) is 19.5 Å². The van der Waals surface area contributed by atoms with Crippen LogP contribution in [0, 0.1) is 22.7 Å². The van der Waals surface area contributed by atoms with Crippen molar-refractivity contribution in [1.82, 2.24) is 9.55 Å². The summed E-state index contributed by atoms with van der Waals surface area (Å²) in [5, 5.41) is 17.3. The molecular formula is C8H9N5. The standard InChI is InChI=1S/C8H9N5/c1-6(11)4-13-5-12-7(2-9)8(13)3-10/h5-6H,4,11H2,1H3. The van der Waals surface area contributed by atoms with E-state index in [-0.39, 0.29) is 17.4 Å². The molecule has 0 radical (unpaired) electrons. The second-order valence-corrected chi connectivity index (χ2v) is 2.80. The van der Waals surface area contributed by atoms with Crippen LogP contribution in [-0.2, 0) is 6.54 Å². The van der Waals surface area contributed by atoms with E-state index in [1.807, 2.05) is 19.1 Å². The van der Waals surface area contributed by atoms with Crippen molar-refractivity contribution in [3.05, 3.63) is 17.7 Å². The van der Waals surface area contributed by atoms with E-state index in [4.69, 9.17) is 16.3 Å². The Labute approximate surface area is 76.0 Å². The highest BCUT2D eigenvalue weighted by atomic mass is 15.1. The smallest absolute Gasteiger partial charge is 0.176 e. The van der Waals surface area contributed by atoms with Gasteiger partial charge in [-0.1, -0.05) is 0 Å². The maximum absolute atomic E-state index is 8.73. The van der Waals surface area contributed by atoms with Gasteiger partial charge >= 0.3 is 0 Å². The number of imidazole rings is 1. The zero-order chi connectivity index (χ0) is 9.84. The third-order valence-electron chi connectivity index (χ3n) is 1.53. The molecular weight excluding hydrogens is 166 g/mol. The summed E-state index contributed by atoms with van der Waals surface area (Å²) in [7, 11) is 0. The molecule has 0 fully saturated rings. The first-order valence-electron chi connectivity index (χ1n) is 3.80. The second-order valence-electron chi connectivity index (χ2n) is 2.80. The summed E-state index contributed by atoms with van der Waals surface area (Å²) in [5.41, 5.74) is 5.99. The molecule has 66 valence electrons. The maximum Gasteiger partial charge on any atom is 0.176 e. The van der Waals surface area contributed by atoms with E-state index in [1.54, 1.807) is 4.57 Å². The van der Waals surface area contributed by atoms with Gasteiger partial charge in [-0.25, -0.2) is 4.98 Å². The molecule has 1 aromatic heterocycles.